The van der Waals surface area contributed by atoms with Crippen LogP contribution in [-0.4, -0.2) is 32.5 Å². The molecule has 0 amide bonds. The molecule has 0 radical (unpaired) electrons. The minimum Gasteiger partial charge on any atom is -0.315 e. The number of benzene rings is 1. The van der Waals surface area contributed by atoms with Crippen molar-refractivity contribution in [3.8, 4) is 0 Å². The maximum atomic E-state index is 13.5. The molecule has 1 aromatic carbocycles. The molecule has 9 heteroatoms. The van der Waals surface area contributed by atoms with Gasteiger partial charge in [0.1, 0.15) is 0 Å². The number of nitro groups is 1. The first-order valence-electron chi connectivity index (χ1n) is 6.07. The van der Waals surface area contributed by atoms with E-state index in [1.807, 2.05) is 0 Å². The van der Waals surface area contributed by atoms with Crippen LogP contribution in [0.15, 0.2) is 23.1 Å². The first kappa shape index (κ1) is 14.8. The van der Waals surface area contributed by atoms with Gasteiger partial charge >= 0.3 is 5.69 Å². The lowest BCUT2D eigenvalue weighted by molar-refractivity contribution is -0.387. The highest BCUT2D eigenvalue weighted by Gasteiger charge is 2.24. The Morgan fingerprint density at radius 1 is 1.45 bits per heavy atom. The Labute approximate surface area is 115 Å². The number of nitrogens with one attached hydrogen (secondary N) is 2. The maximum absolute atomic E-state index is 13.5. The standard InChI is InChI=1S/C11H14FN3O4S/c12-10-6-9(3-4-11(10)15(16)17)20(18,19)14-8-2-1-5-13-7-8/h3-4,6,8,13-14H,1-2,5,7H2. The highest BCUT2D eigenvalue weighted by molar-refractivity contribution is 7.89. The van der Waals surface area contributed by atoms with Crippen molar-refractivity contribution in [1.82, 2.24) is 10.0 Å². The summed E-state index contributed by atoms with van der Waals surface area (Å²) in [6.07, 6.45) is 1.55. The molecule has 1 heterocycles. The van der Waals surface area contributed by atoms with E-state index < -0.39 is 26.5 Å². The zero-order chi connectivity index (χ0) is 14.8. The lowest BCUT2D eigenvalue weighted by Crippen LogP contribution is -2.45. The van der Waals surface area contributed by atoms with Crippen LogP contribution >= 0.6 is 0 Å². The molecule has 1 saturated heterocycles. The minimum atomic E-state index is -3.88. The molecule has 2 rings (SSSR count). The Morgan fingerprint density at radius 2 is 2.20 bits per heavy atom. The minimum absolute atomic E-state index is 0.257. The van der Waals surface area contributed by atoms with E-state index in [2.05, 4.69) is 10.0 Å². The molecular formula is C11H14FN3O4S. The second-order valence-corrected chi connectivity index (χ2v) is 6.25. The van der Waals surface area contributed by atoms with Crippen LogP contribution in [-0.2, 0) is 10.0 Å². The Bertz CT molecular complexity index is 614. The molecular weight excluding hydrogens is 289 g/mol. The molecule has 0 saturated carbocycles. The number of nitro benzene ring substituents is 1. The Kier molecular flexibility index (Phi) is 4.31. The van der Waals surface area contributed by atoms with Gasteiger partial charge in [-0.2, -0.15) is 4.39 Å². The van der Waals surface area contributed by atoms with Gasteiger partial charge in [0.25, 0.3) is 0 Å². The van der Waals surface area contributed by atoms with Gasteiger partial charge in [0.2, 0.25) is 15.8 Å². The molecule has 1 aromatic rings. The van der Waals surface area contributed by atoms with Gasteiger partial charge in [0.15, 0.2) is 0 Å². The molecule has 0 bridgehead atoms. The molecule has 7 nitrogen and oxygen atoms in total. The van der Waals surface area contributed by atoms with E-state index >= 15 is 0 Å². The summed E-state index contributed by atoms with van der Waals surface area (Å²) in [5, 5.41) is 13.5. The van der Waals surface area contributed by atoms with Crippen molar-refractivity contribution in [3.63, 3.8) is 0 Å². The Balaban J connectivity index is 2.20. The number of piperidine rings is 1. The number of hydrogen-bond acceptors (Lipinski definition) is 5. The fourth-order valence-corrected chi connectivity index (χ4v) is 3.32. The molecule has 2 N–H and O–H groups in total. The first-order valence-corrected chi connectivity index (χ1v) is 7.55. The van der Waals surface area contributed by atoms with Crippen LogP contribution < -0.4 is 10.0 Å². The van der Waals surface area contributed by atoms with Crippen molar-refractivity contribution in [2.24, 2.45) is 0 Å². The Morgan fingerprint density at radius 3 is 2.75 bits per heavy atom. The monoisotopic (exact) mass is 303 g/mol. The third kappa shape index (κ3) is 3.30. The van der Waals surface area contributed by atoms with E-state index in [0.29, 0.717) is 19.0 Å². The molecule has 1 fully saturated rings. The molecule has 110 valence electrons. The first-order chi connectivity index (χ1) is 9.40. The van der Waals surface area contributed by atoms with E-state index in [9.17, 15) is 22.9 Å². The predicted molar refractivity (Wildman–Crippen MR) is 69.3 cm³/mol. The summed E-state index contributed by atoms with van der Waals surface area (Å²) >= 11 is 0. The third-order valence-corrected chi connectivity index (χ3v) is 4.56. The van der Waals surface area contributed by atoms with Crippen LogP contribution in [0.3, 0.4) is 0 Å². The van der Waals surface area contributed by atoms with E-state index in [1.165, 1.54) is 0 Å². The zero-order valence-corrected chi connectivity index (χ0v) is 11.3. The summed E-state index contributed by atoms with van der Waals surface area (Å²) in [5.41, 5.74) is -0.747. The van der Waals surface area contributed by atoms with Crippen molar-refractivity contribution in [1.29, 1.82) is 0 Å². The fourth-order valence-electron chi connectivity index (χ4n) is 2.04. The van der Waals surface area contributed by atoms with Gasteiger partial charge in [0.05, 0.1) is 9.82 Å². The van der Waals surface area contributed by atoms with Gasteiger partial charge in [0, 0.05) is 24.7 Å². The average Bonchev–Trinajstić information content (AvgIpc) is 2.38. The predicted octanol–water partition coefficient (Wildman–Crippen LogP) is 0.764. The maximum Gasteiger partial charge on any atom is 0.304 e. The van der Waals surface area contributed by atoms with Crippen LogP contribution in [0.1, 0.15) is 12.8 Å². The van der Waals surface area contributed by atoms with Crippen molar-refractivity contribution < 1.29 is 17.7 Å². The van der Waals surface area contributed by atoms with Crippen LogP contribution in [0.4, 0.5) is 10.1 Å². The summed E-state index contributed by atoms with van der Waals surface area (Å²) in [4.78, 5) is 9.28. The van der Waals surface area contributed by atoms with Crippen molar-refractivity contribution in [2.45, 2.75) is 23.8 Å². The van der Waals surface area contributed by atoms with E-state index in [-0.39, 0.29) is 10.9 Å². The van der Waals surface area contributed by atoms with E-state index in [0.717, 1.165) is 25.1 Å². The van der Waals surface area contributed by atoms with Gasteiger partial charge in [-0.1, -0.05) is 0 Å². The van der Waals surface area contributed by atoms with Gasteiger partial charge in [-0.15, -0.1) is 0 Å². The van der Waals surface area contributed by atoms with Crippen molar-refractivity contribution >= 4 is 15.7 Å². The fraction of sp³-hybridized carbons (Fsp3) is 0.455. The normalized spacial score (nSPS) is 19.8. The van der Waals surface area contributed by atoms with Gasteiger partial charge < -0.3 is 5.32 Å². The number of sulfonamides is 1. The third-order valence-electron chi connectivity index (χ3n) is 3.04. The summed E-state index contributed by atoms with van der Waals surface area (Å²) in [6, 6.07) is 2.28. The largest absolute Gasteiger partial charge is 0.315 e. The molecule has 1 aliphatic rings. The number of rotatable bonds is 4. The van der Waals surface area contributed by atoms with Crippen LogP contribution in [0.2, 0.25) is 0 Å². The summed E-state index contributed by atoms with van der Waals surface area (Å²) in [5.74, 6) is -1.17. The quantitative estimate of drug-likeness (QED) is 0.632. The highest BCUT2D eigenvalue weighted by atomic mass is 32.2. The number of halogens is 1. The van der Waals surface area contributed by atoms with E-state index in [4.69, 9.17) is 0 Å². The lowest BCUT2D eigenvalue weighted by atomic mass is 10.1. The molecule has 0 aliphatic carbocycles. The molecule has 0 spiro atoms. The highest BCUT2D eigenvalue weighted by Crippen LogP contribution is 2.21. The smallest absolute Gasteiger partial charge is 0.304 e. The average molecular weight is 303 g/mol. The lowest BCUT2D eigenvalue weighted by Gasteiger charge is -2.23. The number of nitrogens with zero attached hydrogens (tertiary/aromatic N) is 1. The molecule has 1 atom stereocenters. The molecule has 1 aliphatic heterocycles. The molecule has 0 aromatic heterocycles. The molecule has 20 heavy (non-hydrogen) atoms. The SMILES string of the molecule is O=[N+]([O-])c1ccc(S(=O)(=O)NC2CCCNC2)cc1F. The zero-order valence-electron chi connectivity index (χ0n) is 10.5. The van der Waals surface area contributed by atoms with Crippen molar-refractivity contribution in [2.75, 3.05) is 13.1 Å². The topological polar surface area (TPSA) is 101 Å². The number of hydrogen-bond donors (Lipinski definition) is 2. The molecule has 1 unspecified atom stereocenters. The van der Waals surface area contributed by atoms with Gasteiger partial charge in [-0.05, 0) is 25.5 Å². The van der Waals surface area contributed by atoms with E-state index in [1.54, 1.807) is 0 Å². The van der Waals surface area contributed by atoms with Crippen LogP contribution in [0.5, 0.6) is 0 Å². The second-order valence-electron chi connectivity index (χ2n) is 4.53. The van der Waals surface area contributed by atoms with Crippen molar-refractivity contribution in [3.05, 3.63) is 34.1 Å². The van der Waals surface area contributed by atoms with Gasteiger partial charge in [-0.3, -0.25) is 10.1 Å². The van der Waals surface area contributed by atoms with Crippen LogP contribution in [0.25, 0.3) is 0 Å². The Hall–Kier alpha value is -1.58. The van der Waals surface area contributed by atoms with Crippen LogP contribution in [0, 0.1) is 15.9 Å². The van der Waals surface area contributed by atoms with Gasteiger partial charge in [-0.25, -0.2) is 13.1 Å². The summed E-state index contributed by atoms with van der Waals surface area (Å²) in [7, 11) is -3.88. The summed E-state index contributed by atoms with van der Waals surface area (Å²) in [6.45, 7) is 1.35. The summed E-state index contributed by atoms with van der Waals surface area (Å²) < 4.78 is 40.0. The second kappa shape index (κ2) is 5.81.